The van der Waals surface area contributed by atoms with E-state index in [9.17, 15) is 24.0 Å². The summed E-state index contributed by atoms with van der Waals surface area (Å²) in [5.41, 5.74) is 0.471. The van der Waals surface area contributed by atoms with Gasteiger partial charge in [0.2, 0.25) is 11.8 Å². The number of piperazine rings is 1. The molecule has 1 saturated heterocycles. The summed E-state index contributed by atoms with van der Waals surface area (Å²) in [6, 6.07) is 9.31. The zero-order valence-electron chi connectivity index (χ0n) is 18.6. The van der Waals surface area contributed by atoms with Crippen molar-refractivity contribution in [3.8, 4) is 11.5 Å². The summed E-state index contributed by atoms with van der Waals surface area (Å²) in [6.45, 7) is 1.96. The van der Waals surface area contributed by atoms with Gasteiger partial charge < -0.3 is 14.2 Å². The lowest BCUT2D eigenvalue weighted by Crippen LogP contribution is -2.54. The number of anilines is 1. The van der Waals surface area contributed by atoms with Crippen molar-refractivity contribution in [1.29, 1.82) is 0 Å². The molecular formula is C23H21ClN2O8. The van der Waals surface area contributed by atoms with Gasteiger partial charge in [0.05, 0.1) is 30.9 Å². The molecule has 0 atom stereocenters. The molecule has 10 nitrogen and oxygen atoms in total. The molecule has 2 amide bonds. The van der Waals surface area contributed by atoms with Crippen molar-refractivity contribution in [2.45, 2.75) is 20.4 Å². The molecule has 0 aromatic heterocycles. The molecule has 3 rings (SSSR count). The number of methoxy groups -OCH3 is 1. The van der Waals surface area contributed by atoms with Crippen LogP contribution in [0.25, 0.3) is 0 Å². The Morgan fingerprint density at radius 1 is 0.912 bits per heavy atom. The molecule has 0 saturated carbocycles. The maximum absolute atomic E-state index is 12.8. The van der Waals surface area contributed by atoms with E-state index in [-0.39, 0.29) is 41.7 Å². The van der Waals surface area contributed by atoms with Gasteiger partial charge in [-0.15, -0.1) is 0 Å². The molecule has 11 heteroatoms. The van der Waals surface area contributed by atoms with Gasteiger partial charge in [-0.2, -0.15) is 0 Å². The van der Waals surface area contributed by atoms with E-state index in [1.807, 2.05) is 0 Å². The first-order chi connectivity index (χ1) is 16.1. The molecule has 0 radical (unpaired) electrons. The molecule has 1 aliphatic rings. The second-order valence-corrected chi connectivity index (χ2v) is 7.74. The Bertz CT molecular complexity index is 1160. The highest BCUT2D eigenvalue weighted by Crippen LogP contribution is 2.37. The molecule has 0 spiro atoms. The van der Waals surface area contributed by atoms with Crippen molar-refractivity contribution in [3.63, 3.8) is 0 Å². The smallest absolute Gasteiger partial charge is 0.341 e. The molecule has 0 unspecified atom stereocenters. The number of carbonyl (C=O) groups excluding carboxylic acids is 5. The first-order valence-corrected chi connectivity index (χ1v) is 10.4. The number of para-hydroxylation sites is 1. The van der Waals surface area contributed by atoms with Crippen LogP contribution in [0, 0.1) is 0 Å². The third-order valence-electron chi connectivity index (χ3n) is 4.79. The molecule has 1 aliphatic heterocycles. The minimum Gasteiger partial charge on any atom is -0.465 e. The van der Waals surface area contributed by atoms with E-state index in [2.05, 4.69) is 0 Å². The first-order valence-electron chi connectivity index (χ1n) is 10.1. The highest BCUT2D eigenvalue weighted by Gasteiger charge is 2.34. The van der Waals surface area contributed by atoms with Gasteiger partial charge >= 0.3 is 17.9 Å². The summed E-state index contributed by atoms with van der Waals surface area (Å²) < 4.78 is 15.1. The second-order valence-electron chi connectivity index (χ2n) is 7.33. The highest BCUT2D eigenvalue weighted by molar-refractivity contribution is 6.35. The number of hydrogen-bond donors (Lipinski definition) is 0. The lowest BCUT2D eigenvalue weighted by Gasteiger charge is -2.33. The Hall–Kier alpha value is -3.76. The van der Waals surface area contributed by atoms with Crippen LogP contribution in [0.1, 0.15) is 29.8 Å². The average molecular weight is 489 g/mol. The topological polar surface area (TPSA) is 120 Å². The predicted molar refractivity (Wildman–Crippen MR) is 120 cm³/mol. The summed E-state index contributed by atoms with van der Waals surface area (Å²) >= 11 is 6.15. The maximum Gasteiger partial charge on any atom is 0.341 e. The van der Waals surface area contributed by atoms with E-state index < -0.39 is 29.7 Å². The summed E-state index contributed by atoms with van der Waals surface area (Å²) in [5.74, 6) is -3.76. The molecule has 34 heavy (non-hydrogen) atoms. The number of hydrogen-bond acceptors (Lipinski definition) is 9. The van der Waals surface area contributed by atoms with Crippen LogP contribution in [-0.2, 0) is 30.5 Å². The normalized spacial score (nSPS) is 14.1. The number of amides is 2. The quantitative estimate of drug-likeness (QED) is 0.343. The third kappa shape index (κ3) is 5.41. The summed E-state index contributed by atoms with van der Waals surface area (Å²) in [5, 5.41) is 0.263. The lowest BCUT2D eigenvalue weighted by atomic mass is 10.1. The molecule has 0 bridgehead atoms. The minimum atomic E-state index is -0.810. The monoisotopic (exact) mass is 488 g/mol. The number of ether oxygens (including phenoxy) is 3. The lowest BCUT2D eigenvalue weighted by molar-refractivity contribution is -0.134. The average Bonchev–Trinajstić information content (AvgIpc) is 2.75. The van der Waals surface area contributed by atoms with Crippen LogP contribution in [0.15, 0.2) is 36.4 Å². The van der Waals surface area contributed by atoms with Gasteiger partial charge in [-0.25, -0.2) is 9.69 Å². The van der Waals surface area contributed by atoms with Crippen molar-refractivity contribution >= 4 is 47.0 Å². The van der Waals surface area contributed by atoms with Crippen LogP contribution in [0.4, 0.5) is 5.69 Å². The van der Waals surface area contributed by atoms with E-state index in [4.69, 9.17) is 25.8 Å². The van der Waals surface area contributed by atoms with E-state index in [1.54, 1.807) is 24.3 Å². The van der Waals surface area contributed by atoms with Gasteiger partial charge in [0.1, 0.15) is 5.56 Å². The van der Waals surface area contributed by atoms with Crippen molar-refractivity contribution in [2.24, 2.45) is 0 Å². The molecule has 2 aromatic rings. The number of benzene rings is 2. The number of carbonyl (C=O) groups is 5. The fourth-order valence-corrected chi connectivity index (χ4v) is 3.69. The standard InChI is InChI=1S/C23H21ClN2O8/c1-13(27)33-21-15(8-9-16(23(31)32-3)22(21)34-14(2)28)10-25-11-19(29)26(20(30)12-25)18-7-5-4-6-17(18)24/h4-9H,10-12H2,1-3H3. The number of nitrogens with zero attached hydrogens (tertiary/aromatic N) is 2. The van der Waals surface area contributed by atoms with E-state index in [1.165, 1.54) is 17.0 Å². The predicted octanol–water partition coefficient (Wildman–Crippen LogP) is 2.35. The Morgan fingerprint density at radius 2 is 1.50 bits per heavy atom. The fourth-order valence-electron chi connectivity index (χ4n) is 3.47. The second kappa shape index (κ2) is 10.4. The maximum atomic E-state index is 12.8. The fraction of sp³-hybridized carbons (Fsp3) is 0.261. The molecule has 0 N–H and O–H groups in total. The highest BCUT2D eigenvalue weighted by atomic mass is 35.5. The van der Waals surface area contributed by atoms with Crippen molar-refractivity contribution in [3.05, 3.63) is 52.5 Å². The molecular weight excluding hydrogens is 468 g/mol. The van der Waals surface area contributed by atoms with Gasteiger partial charge in [0.25, 0.3) is 0 Å². The van der Waals surface area contributed by atoms with E-state index in [0.717, 1.165) is 25.9 Å². The molecule has 1 fully saturated rings. The summed E-state index contributed by atoms with van der Waals surface area (Å²) in [4.78, 5) is 63.8. The van der Waals surface area contributed by atoms with Crippen molar-refractivity contribution < 1.29 is 38.2 Å². The van der Waals surface area contributed by atoms with Crippen LogP contribution >= 0.6 is 11.6 Å². The molecule has 2 aromatic carbocycles. The third-order valence-corrected chi connectivity index (χ3v) is 5.11. The molecule has 178 valence electrons. The van der Waals surface area contributed by atoms with Crippen molar-refractivity contribution in [2.75, 3.05) is 25.1 Å². The Labute approximate surface area is 199 Å². The molecule has 1 heterocycles. The van der Waals surface area contributed by atoms with Gasteiger partial charge in [-0.05, 0) is 18.2 Å². The van der Waals surface area contributed by atoms with Gasteiger partial charge in [0, 0.05) is 26.0 Å². The SMILES string of the molecule is COC(=O)c1ccc(CN2CC(=O)N(c3ccccc3Cl)C(=O)C2)c(OC(C)=O)c1OC(C)=O. The Balaban J connectivity index is 1.94. The first kappa shape index (κ1) is 24.9. The number of imide groups is 1. The van der Waals surface area contributed by atoms with Gasteiger partial charge in [0.15, 0.2) is 11.5 Å². The van der Waals surface area contributed by atoms with Gasteiger partial charge in [-0.3, -0.25) is 24.1 Å². The van der Waals surface area contributed by atoms with Crippen LogP contribution in [0.3, 0.4) is 0 Å². The summed E-state index contributed by atoms with van der Waals surface area (Å²) in [7, 11) is 1.15. The van der Waals surface area contributed by atoms with E-state index in [0.29, 0.717) is 11.3 Å². The number of rotatable bonds is 6. The van der Waals surface area contributed by atoms with Crippen LogP contribution in [-0.4, -0.2) is 54.8 Å². The largest absolute Gasteiger partial charge is 0.465 e. The zero-order valence-corrected chi connectivity index (χ0v) is 19.4. The van der Waals surface area contributed by atoms with Crippen molar-refractivity contribution in [1.82, 2.24) is 4.90 Å². The van der Waals surface area contributed by atoms with Gasteiger partial charge in [-0.1, -0.05) is 29.8 Å². The Morgan fingerprint density at radius 3 is 2.06 bits per heavy atom. The number of esters is 3. The van der Waals surface area contributed by atoms with Crippen LogP contribution in [0.5, 0.6) is 11.5 Å². The van der Waals surface area contributed by atoms with Crippen LogP contribution < -0.4 is 14.4 Å². The number of halogens is 1. The Kier molecular flexibility index (Phi) is 7.64. The minimum absolute atomic E-state index is 0.0217. The zero-order chi connectivity index (χ0) is 25.0. The molecule has 0 aliphatic carbocycles. The van der Waals surface area contributed by atoms with Crippen LogP contribution in [0.2, 0.25) is 5.02 Å². The summed E-state index contributed by atoms with van der Waals surface area (Å²) in [6.07, 6.45) is 0. The van der Waals surface area contributed by atoms with E-state index >= 15 is 0 Å².